The van der Waals surface area contributed by atoms with Crippen LogP contribution in [0.3, 0.4) is 0 Å². The highest BCUT2D eigenvalue weighted by Gasteiger charge is 2.28. The third kappa shape index (κ3) is 11.5. The molecule has 17 heteroatoms. The van der Waals surface area contributed by atoms with Crippen LogP contribution in [0.1, 0.15) is 115 Å². The van der Waals surface area contributed by atoms with Crippen LogP contribution in [0.5, 0.6) is 0 Å². The van der Waals surface area contributed by atoms with Gasteiger partial charge in [0, 0.05) is 44.6 Å². The van der Waals surface area contributed by atoms with Crippen LogP contribution in [0.4, 0.5) is 0 Å². The molecule has 2 aliphatic rings. The fourth-order valence-corrected chi connectivity index (χ4v) is 10.4. The molecule has 1 amide bonds. The Kier molecular flexibility index (Phi) is 16.9. The summed E-state index contributed by atoms with van der Waals surface area (Å²) in [7, 11) is 1.44. The molecule has 0 aliphatic carbocycles. The van der Waals surface area contributed by atoms with E-state index in [0.29, 0.717) is 36.6 Å². The van der Waals surface area contributed by atoms with Gasteiger partial charge in [0.05, 0.1) is 52.2 Å². The molecule has 15 nitrogen and oxygen atoms in total. The van der Waals surface area contributed by atoms with E-state index in [1.807, 2.05) is 53.5 Å². The molecule has 3 N–H and O–H groups in total. The number of ether oxygens (including phenoxy) is 1. The number of hydrogen-bond donors (Lipinski definition) is 3. The zero-order valence-corrected chi connectivity index (χ0v) is 43.5. The maximum atomic E-state index is 13.2. The molecule has 2 atom stereocenters. The summed E-state index contributed by atoms with van der Waals surface area (Å²) in [4.78, 5) is 49.4. The monoisotopic (exact) mass is 1040 g/mol. The Morgan fingerprint density at radius 1 is 0.662 bits per heavy atom. The quantitative estimate of drug-likeness (QED) is 0.0982. The van der Waals surface area contributed by atoms with Crippen molar-refractivity contribution in [3.63, 3.8) is 0 Å². The summed E-state index contributed by atoms with van der Waals surface area (Å²) in [5.74, 6) is -2.60. The maximum Gasteiger partial charge on any atom is 0.337 e. The SMILES string of the molecule is CCn1nnc2c(C)c(C(CC(=O)O)c3ccc4c(c3)CN(C(=O)c3ccccc3Cl)CC4)ccc21.CCn1nnc2c(C)c(C(CC(=O)OC)c3ccc4c(c3)CNCC4)ccc21.O=C(O)c1ccccc1Cl. The number of carboxylic acids is 2. The largest absolute Gasteiger partial charge is 0.481 e. The van der Waals surface area contributed by atoms with Crippen molar-refractivity contribution < 1.29 is 34.1 Å². The van der Waals surface area contributed by atoms with Crippen molar-refractivity contribution in [3.05, 3.63) is 186 Å². The van der Waals surface area contributed by atoms with Gasteiger partial charge in [0.15, 0.2) is 0 Å². The van der Waals surface area contributed by atoms with E-state index in [0.717, 1.165) is 93.5 Å². The molecule has 0 saturated carbocycles. The fraction of sp³-hybridized carbons (Fsp3) is 0.298. The number of hydrogen-bond acceptors (Lipinski definition) is 10. The van der Waals surface area contributed by atoms with Gasteiger partial charge in [-0.25, -0.2) is 14.2 Å². The zero-order chi connectivity index (χ0) is 52.6. The highest BCUT2D eigenvalue weighted by molar-refractivity contribution is 6.34. The number of esters is 1. The molecule has 0 saturated heterocycles. The van der Waals surface area contributed by atoms with E-state index in [2.05, 4.69) is 82.3 Å². The van der Waals surface area contributed by atoms with Crippen LogP contribution >= 0.6 is 23.2 Å². The number of halogens is 2. The summed E-state index contributed by atoms with van der Waals surface area (Å²) >= 11 is 11.8. The predicted octanol–water partition coefficient (Wildman–Crippen LogP) is 10.4. The molecule has 0 bridgehead atoms. The number of carbonyl (C=O) groups excluding carboxylic acids is 2. The van der Waals surface area contributed by atoms with Crippen LogP contribution in [0.2, 0.25) is 10.0 Å². The number of amides is 1. The molecule has 4 heterocycles. The molecular weight excluding hydrogens is 980 g/mol. The average molecular weight is 1040 g/mol. The van der Waals surface area contributed by atoms with Gasteiger partial charge < -0.3 is 25.2 Å². The molecule has 2 aromatic heterocycles. The second kappa shape index (κ2) is 23.6. The Hall–Kier alpha value is -7.46. The highest BCUT2D eigenvalue weighted by atomic mass is 35.5. The highest BCUT2D eigenvalue weighted by Crippen LogP contribution is 2.37. The lowest BCUT2D eigenvalue weighted by Gasteiger charge is -2.30. The number of nitrogens with zero attached hydrogens (tertiary/aromatic N) is 7. The van der Waals surface area contributed by atoms with Crippen molar-refractivity contribution in [2.24, 2.45) is 0 Å². The Morgan fingerprint density at radius 2 is 1.19 bits per heavy atom. The summed E-state index contributed by atoms with van der Waals surface area (Å²) in [6, 6.07) is 34.3. The number of carboxylic acid groups (broad SMARTS) is 2. The lowest BCUT2D eigenvalue weighted by Crippen LogP contribution is -2.36. The number of fused-ring (bicyclic) bond motifs is 4. The molecule has 2 aliphatic heterocycles. The minimum Gasteiger partial charge on any atom is -0.481 e. The Bertz CT molecular complexity index is 3390. The molecule has 6 aromatic carbocycles. The lowest BCUT2D eigenvalue weighted by atomic mass is 9.83. The van der Waals surface area contributed by atoms with Gasteiger partial charge in [-0.15, -0.1) is 10.2 Å². The van der Waals surface area contributed by atoms with Gasteiger partial charge in [-0.05, 0) is 139 Å². The van der Waals surface area contributed by atoms with Gasteiger partial charge >= 0.3 is 17.9 Å². The number of methoxy groups -OCH3 is 1. The Labute approximate surface area is 439 Å². The first kappa shape index (κ1) is 52.9. The second-order valence-corrected chi connectivity index (χ2v) is 19.1. The van der Waals surface area contributed by atoms with Gasteiger partial charge in [-0.1, -0.05) is 106 Å². The van der Waals surface area contributed by atoms with E-state index in [1.54, 1.807) is 35.2 Å². The molecule has 0 spiro atoms. The second-order valence-electron chi connectivity index (χ2n) is 18.3. The standard InChI is InChI=1S/C28H27ClN4O3.C22H26N4O2.C7H5ClO2/c1-3-33-25-11-10-21(17(2)27(25)30-31-33)23(15-26(34)35)19-9-8-18-12-13-32(16-20(18)14-19)28(36)22-6-4-5-7-24(22)29;1-4-26-20-8-7-18(14(2)22(20)24-25-26)19(12-21(27)28-3)16-6-5-15-9-10-23-13-17(15)11-16;8-6-4-2-1-3-5(6)7(9)10/h4-11,14,23H,3,12-13,15-16H2,1-2H3,(H,34,35);5-8,11,19,23H,4,9-10,12-13H2,1-3H3;1-4H,(H,9,10). The van der Waals surface area contributed by atoms with E-state index in [9.17, 15) is 24.3 Å². The van der Waals surface area contributed by atoms with E-state index in [1.165, 1.54) is 29.9 Å². The van der Waals surface area contributed by atoms with Crippen molar-refractivity contribution in [2.75, 3.05) is 20.2 Å². The van der Waals surface area contributed by atoms with Crippen LogP contribution in [0, 0.1) is 13.8 Å². The topological polar surface area (TPSA) is 195 Å². The summed E-state index contributed by atoms with van der Waals surface area (Å²) in [6.45, 7) is 12.5. The molecule has 0 radical (unpaired) electrons. The summed E-state index contributed by atoms with van der Waals surface area (Å²) in [6.07, 6.45) is 2.04. The Morgan fingerprint density at radius 3 is 1.70 bits per heavy atom. The fourth-order valence-electron chi connectivity index (χ4n) is 9.95. The van der Waals surface area contributed by atoms with E-state index < -0.39 is 11.9 Å². The summed E-state index contributed by atoms with van der Waals surface area (Å²) in [5, 5.41) is 39.6. The van der Waals surface area contributed by atoms with Crippen LogP contribution in [-0.4, -0.2) is 89.1 Å². The molecule has 10 rings (SSSR count). The Balaban J connectivity index is 0.000000169. The van der Waals surface area contributed by atoms with Crippen molar-refractivity contribution in [1.82, 2.24) is 40.2 Å². The van der Waals surface area contributed by atoms with Gasteiger partial charge in [-0.3, -0.25) is 14.4 Å². The third-order valence-electron chi connectivity index (χ3n) is 14.0. The van der Waals surface area contributed by atoms with Gasteiger partial charge in [0.1, 0.15) is 11.0 Å². The summed E-state index contributed by atoms with van der Waals surface area (Å²) < 4.78 is 8.73. The molecule has 74 heavy (non-hydrogen) atoms. The molecule has 2 unspecified atom stereocenters. The van der Waals surface area contributed by atoms with Crippen molar-refractivity contribution in [3.8, 4) is 0 Å². The molecule has 382 valence electrons. The number of carbonyl (C=O) groups is 4. The molecular formula is C57H58Cl2N8O7. The van der Waals surface area contributed by atoms with Crippen molar-refractivity contribution >= 4 is 69.1 Å². The smallest absolute Gasteiger partial charge is 0.337 e. The van der Waals surface area contributed by atoms with Gasteiger partial charge in [0.25, 0.3) is 5.91 Å². The van der Waals surface area contributed by atoms with Crippen LogP contribution in [-0.2, 0) is 53.3 Å². The van der Waals surface area contributed by atoms with E-state index in [4.69, 9.17) is 33.0 Å². The molecule has 8 aromatic rings. The predicted molar refractivity (Wildman–Crippen MR) is 285 cm³/mol. The summed E-state index contributed by atoms with van der Waals surface area (Å²) in [5.41, 5.74) is 15.3. The number of aromatic carboxylic acids is 1. The lowest BCUT2D eigenvalue weighted by molar-refractivity contribution is -0.141. The first-order valence-electron chi connectivity index (χ1n) is 24.6. The first-order chi connectivity index (χ1) is 35.7. The van der Waals surface area contributed by atoms with Gasteiger partial charge in [0.2, 0.25) is 0 Å². The minimum atomic E-state index is -0.995. The zero-order valence-electron chi connectivity index (χ0n) is 41.9. The van der Waals surface area contributed by atoms with E-state index in [-0.39, 0.29) is 40.7 Å². The molecule has 0 fully saturated rings. The van der Waals surface area contributed by atoms with Crippen molar-refractivity contribution in [2.45, 2.75) is 91.4 Å². The minimum absolute atomic E-state index is 0.0463. The maximum absolute atomic E-state index is 13.2. The van der Waals surface area contributed by atoms with Crippen molar-refractivity contribution in [1.29, 1.82) is 0 Å². The number of rotatable bonds is 12. The van der Waals surface area contributed by atoms with E-state index >= 15 is 0 Å². The van der Waals surface area contributed by atoms with Crippen LogP contribution in [0.25, 0.3) is 22.1 Å². The normalized spacial score (nSPS) is 13.6. The first-order valence-corrected chi connectivity index (χ1v) is 25.4. The number of benzene rings is 6. The van der Waals surface area contributed by atoms with Gasteiger partial charge in [-0.2, -0.15) is 0 Å². The number of aromatic nitrogens is 6. The number of aryl methyl sites for hydroxylation is 4. The van der Waals surface area contributed by atoms with Crippen LogP contribution in [0.15, 0.2) is 109 Å². The number of nitrogens with one attached hydrogen (secondary N) is 1. The average Bonchev–Trinajstić information content (AvgIpc) is 4.05. The third-order valence-corrected chi connectivity index (χ3v) is 14.6. The number of aliphatic carboxylic acids is 1. The van der Waals surface area contributed by atoms with Crippen LogP contribution < -0.4 is 5.32 Å².